The van der Waals surface area contributed by atoms with Crippen LogP contribution >= 0.6 is 0 Å². The molecule has 0 bridgehead atoms. The number of benzene rings is 1. The van der Waals surface area contributed by atoms with E-state index >= 15 is 0 Å². The number of aryl methyl sites for hydroxylation is 3. The average Bonchev–Trinajstić information content (AvgIpc) is 2.30. The zero-order valence-corrected chi connectivity index (χ0v) is 11.8. The van der Waals surface area contributed by atoms with Crippen LogP contribution in [0.2, 0.25) is 0 Å². The molecule has 0 aliphatic heterocycles. The van der Waals surface area contributed by atoms with Gasteiger partial charge in [-0.1, -0.05) is 37.5 Å². The van der Waals surface area contributed by atoms with Crippen LogP contribution < -0.4 is 11.1 Å². The Balaban J connectivity index is 2.76. The van der Waals surface area contributed by atoms with E-state index in [2.05, 4.69) is 31.3 Å². The first-order valence-electron chi connectivity index (χ1n) is 6.60. The zero-order valence-electron chi connectivity index (χ0n) is 11.8. The van der Waals surface area contributed by atoms with E-state index in [1.54, 1.807) is 0 Å². The maximum absolute atomic E-state index is 12.0. The van der Waals surface area contributed by atoms with Gasteiger partial charge < -0.3 is 11.1 Å². The van der Waals surface area contributed by atoms with Crippen molar-refractivity contribution >= 4 is 11.6 Å². The smallest absolute Gasteiger partial charge is 0.241 e. The van der Waals surface area contributed by atoms with Gasteiger partial charge in [0, 0.05) is 5.69 Å². The summed E-state index contributed by atoms with van der Waals surface area (Å²) in [5.41, 5.74) is 10.1. The van der Waals surface area contributed by atoms with E-state index in [0.29, 0.717) is 0 Å². The van der Waals surface area contributed by atoms with Gasteiger partial charge >= 0.3 is 0 Å². The molecule has 0 radical (unpaired) electrons. The van der Waals surface area contributed by atoms with E-state index in [1.165, 1.54) is 5.56 Å². The van der Waals surface area contributed by atoms with Gasteiger partial charge in [0.15, 0.2) is 0 Å². The first-order valence-corrected chi connectivity index (χ1v) is 6.60. The molecule has 1 aromatic carbocycles. The molecule has 3 heteroatoms. The fraction of sp³-hybridized carbons (Fsp3) is 0.533. The van der Waals surface area contributed by atoms with Gasteiger partial charge in [-0.3, -0.25) is 4.79 Å². The second-order valence-corrected chi connectivity index (χ2v) is 5.01. The van der Waals surface area contributed by atoms with Gasteiger partial charge in [0.2, 0.25) is 5.91 Å². The summed E-state index contributed by atoms with van der Waals surface area (Å²) in [6.45, 7) is 8.16. The van der Waals surface area contributed by atoms with Crippen LogP contribution in [0.15, 0.2) is 12.1 Å². The van der Waals surface area contributed by atoms with Crippen molar-refractivity contribution in [3.05, 3.63) is 28.8 Å². The minimum atomic E-state index is -0.412. The summed E-state index contributed by atoms with van der Waals surface area (Å²) in [7, 11) is 0. The van der Waals surface area contributed by atoms with E-state index in [0.717, 1.165) is 36.1 Å². The number of rotatable bonds is 5. The molecule has 0 fully saturated rings. The Morgan fingerprint density at radius 1 is 1.28 bits per heavy atom. The third-order valence-electron chi connectivity index (χ3n) is 3.13. The van der Waals surface area contributed by atoms with Gasteiger partial charge in [-0.05, 0) is 38.3 Å². The molecule has 0 aromatic heterocycles. The summed E-state index contributed by atoms with van der Waals surface area (Å²) in [6, 6.07) is 3.73. The second kappa shape index (κ2) is 6.55. The number of carbonyl (C=O) groups is 1. The maximum atomic E-state index is 12.0. The fourth-order valence-corrected chi connectivity index (χ4v) is 2.15. The van der Waals surface area contributed by atoms with Crippen molar-refractivity contribution in [2.45, 2.75) is 53.0 Å². The summed E-state index contributed by atoms with van der Waals surface area (Å²) in [6.07, 6.45) is 2.79. The highest BCUT2D eigenvalue weighted by atomic mass is 16.2. The first-order chi connectivity index (χ1) is 8.45. The number of hydrogen-bond acceptors (Lipinski definition) is 2. The molecule has 0 aliphatic rings. The Bertz CT molecular complexity index is 403. The first kappa shape index (κ1) is 14.7. The topological polar surface area (TPSA) is 55.1 Å². The molecule has 100 valence electrons. The summed E-state index contributed by atoms with van der Waals surface area (Å²) in [4.78, 5) is 12.0. The molecule has 0 aliphatic carbocycles. The molecule has 0 saturated heterocycles. The molecule has 1 amide bonds. The van der Waals surface area contributed by atoms with Gasteiger partial charge in [-0.25, -0.2) is 0 Å². The van der Waals surface area contributed by atoms with Crippen LogP contribution in [0, 0.1) is 20.8 Å². The minimum absolute atomic E-state index is 0.0847. The number of amides is 1. The zero-order chi connectivity index (χ0) is 13.7. The Labute approximate surface area is 110 Å². The lowest BCUT2D eigenvalue weighted by Crippen LogP contribution is -2.35. The van der Waals surface area contributed by atoms with Crippen LogP contribution in [-0.2, 0) is 4.79 Å². The quantitative estimate of drug-likeness (QED) is 0.841. The molecule has 1 rings (SSSR count). The fourth-order valence-electron chi connectivity index (χ4n) is 2.15. The predicted octanol–water partition coefficient (Wildman–Crippen LogP) is 3.07. The SMILES string of the molecule is CCCC[C@H](N)C(=O)Nc1c(C)cc(C)cc1C. The molecule has 1 aromatic rings. The third kappa shape index (κ3) is 3.84. The normalized spacial score (nSPS) is 12.3. The molecule has 0 unspecified atom stereocenters. The summed E-state index contributed by atoms with van der Waals surface area (Å²) in [5, 5.41) is 2.95. The number of nitrogens with two attached hydrogens (primary N) is 1. The molecule has 3 N–H and O–H groups in total. The minimum Gasteiger partial charge on any atom is -0.324 e. The van der Waals surface area contributed by atoms with Crippen molar-refractivity contribution < 1.29 is 4.79 Å². The molecule has 1 atom stereocenters. The highest BCUT2D eigenvalue weighted by molar-refractivity contribution is 5.96. The van der Waals surface area contributed by atoms with Gasteiger partial charge in [0.05, 0.1) is 6.04 Å². The van der Waals surface area contributed by atoms with Gasteiger partial charge in [-0.2, -0.15) is 0 Å². The summed E-state index contributed by atoms with van der Waals surface area (Å²) in [5.74, 6) is -0.0847. The third-order valence-corrected chi connectivity index (χ3v) is 3.13. The van der Waals surface area contributed by atoms with E-state index in [1.807, 2.05) is 13.8 Å². The van der Waals surface area contributed by atoms with Gasteiger partial charge in [-0.15, -0.1) is 0 Å². The Hall–Kier alpha value is -1.35. The highest BCUT2D eigenvalue weighted by Crippen LogP contribution is 2.22. The number of hydrogen-bond donors (Lipinski definition) is 2. The van der Waals surface area contributed by atoms with Crippen molar-refractivity contribution in [2.75, 3.05) is 5.32 Å². The van der Waals surface area contributed by atoms with E-state index < -0.39 is 6.04 Å². The Kier molecular flexibility index (Phi) is 5.35. The van der Waals surface area contributed by atoms with Crippen LogP contribution in [0.3, 0.4) is 0 Å². The average molecular weight is 248 g/mol. The van der Waals surface area contributed by atoms with Crippen LogP contribution in [0.25, 0.3) is 0 Å². The highest BCUT2D eigenvalue weighted by Gasteiger charge is 2.15. The van der Waals surface area contributed by atoms with Gasteiger partial charge in [0.25, 0.3) is 0 Å². The number of unbranched alkanes of at least 4 members (excludes halogenated alkanes) is 1. The van der Waals surface area contributed by atoms with Crippen molar-refractivity contribution in [1.29, 1.82) is 0 Å². The lowest BCUT2D eigenvalue weighted by molar-refractivity contribution is -0.117. The molecular formula is C15H24N2O. The standard InChI is InChI=1S/C15H24N2O/c1-5-6-7-13(16)15(18)17-14-11(3)8-10(2)9-12(14)4/h8-9,13H,5-7,16H2,1-4H3,(H,17,18)/t13-/m0/s1. The lowest BCUT2D eigenvalue weighted by Gasteiger charge is -2.16. The van der Waals surface area contributed by atoms with E-state index in [9.17, 15) is 4.79 Å². The summed E-state index contributed by atoms with van der Waals surface area (Å²) < 4.78 is 0. The van der Waals surface area contributed by atoms with Crippen molar-refractivity contribution in [2.24, 2.45) is 5.73 Å². The lowest BCUT2D eigenvalue weighted by atomic mass is 10.0. The van der Waals surface area contributed by atoms with Crippen LogP contribution in [0.1, 0.15) is 42.9 Å². The number of nitrogens with one attached hydrogen (secondary N) is 1. The van der Waals surface area contributed by atoms with Crippen molar-refractivity contribution in [3.63, 3.8) is 0 Å². The number of anilines is 1. The predicted molar refractivity (Wildman–Crippen MR) is 76.8 cm³/mol. The maximum Gasteiger partial charge on any atom is 0.241 e. The largest absolute Gasteiger partial charge is 0.324 e. The van der Waals surface area contributed by atoms with Crippen LogP contribution in [0.4, 0.5) is 5.69 Å². The Morgan fingerprint density at radius 3 is 2.33 bits per heavy atom. The molecule has 18 heavy (non-hydrogen) atoms. The number of carbonyl (C=O) groups excluding carboxylic acids is 1. The van der Waals surface area contributed by atoms with Gasteiger partial charge in [0.1, 0.15) is 0 Å². The molecule has 0 saturated carbocycles. The van der Waals surface area contributed by atoms with Crippen molar-refractivity contribution in [3.8, 4) is 0 Å². The monoisotopic (exact) mass is 248 g/mol. The summed E-state index contributed by atoms with van der Waals surface area (Å²) >= 11 is 0. The van der Waals surface area contributed by atoms with Crippen molar-refractivity contribution in [1.82, 2.24) is 0 Å². The Morgan fingerprint density at radius 2 is 1.83 bits per heavy atom. The molecular weight excluding hydrogens is 224 g/mol. The van der Waals surface area contributed by atoms with Crippen LogP contribution in [0.5, 0.6) is 0 Å². The molecule has 3 nitrogen and oxygen atoms in total. The molecule has 0 heterocycles. The molecule has 0 spiro atoms. The van der Waals surface area contributed by atoms with E-state index in [-0.39, 0.29) is 5.91 Å². The van der Waals surface area contributed by atoms with E-state index in [4.69, 9.17) is 5.73 Å². The second-order valence-electron chi connectivity index (χ2n) is 5.01. The van der Waals surface area contributed by atoms with Crippen LogP contribution in [-0.4, -0.2) is 11.9 Å².